The molecule has 18 heavy (non-hydrogen) atoms. The largest absolute Gasteiger partial charge is 0.493 e. The molecule has 0 spiro atoms. The number of halogens is 2. The summed E-state index contributed by atoms with van der Waals surface area (Å²) in [5.41, 5.74) is 2.38. The van der Waals surface area contributed by atoms with Crippen molar-refractivity contribution in [1.82, 2.24) is 0 Å². The summed E-state index contributed by atoms with van der Waals surface area (Å²) in [4.78, 5) is 0.178. The zero-order chi connectivity index (χ0) is 12.8. The fourth-order valence-electron chi connectivity index (χ4n) is 2.82. The van der Waals surface area contributed by atoms with Crippen molar-refractivity contribution in [3.63, 3.8) is 0 Å². The third kappa shape index (κ3) is 2.12. The van der Waals surface area contributed by atoms with Crippen LogP contribution in [0.1, 0.15) is 35.7 Å². The molecule has 0 bridgehead atoms. The molecule has 2 aliphatic rings. The zero-order valence-corrected chi connectivity index (χ0v) is 13.5. The monoisotopic (exact) mass is 374 g/mol. The van der Waals surface area contributed by atoms with Crippen molar-refractivity contribution in [3.8, 4) is 5.75 Å². The Bertz CT molecular complexity index is 467. The molecule has 1 aromatic carbocycles. The van der Waals surface area contributed by atoms with E-state index < -0.39 is 0 Å². The Morgan fingerprint density at radius 1 is 1.33 bits per heavy atom. The van der Waals surface area contributed by atoms with Gasteiger partial charge in [0, 0.05) is 23.1 Å². The Hall–Kier alpha value is -0.0600. The van der Waals surface area contributed by atoms with E-state index in [9.17, 15) is 0 Å². The van der Waals surface area contributed by atoms with Crippen LogP contribution in [0.2, 0.25) is 0 Å². The molecule has 2 nitrogen and oxygen atoms in total. The van der Waals surface area contributed by atoms with Crippen LogP contribution in [0.4, 0.5) is 0 Å². The van der Waals surface area contributed by atoms with E-state index >= 15 is 0 Å². The Balaban J connectivity index is 2.01. The highest BCUT2D eigenvalue weighted by molar-refractivity contribution is 9.10. The lowest BCUT2D eigenvalue weighted by molar-refractivity contribution is 0.0193. The van der Waals surface area contributed by atoms with Gasteiger partial charge in [-0.3, -0.25) is 0 Å². The van der Waals surface area contributed by atoms with Crippen LogP contribution in [0, 0.1) is 0 Å². The van der Waals surface area contributed by atoms with Crippen LogP contribution in [0.5, 0.6) is 5.75 Å². The fourth-order valence-corrected chi connectivity index (χ4v) is 4.04. The normalized spacial score (nSPS) is 27.9. The summed E-state index contributed by atoms with van der Waals surface area (Å²) in [7, 11) is 0. The molecule has 1 aromatic rings. The maximum atomic E-state index is 5.94. The first kappa shape index (κ1) is 12.9. The van der Waals surface area contributed by atoms with E-state index in [1.807, 2.05) is 0 Å². The molecule has 0 amide bonds. The van der Waals surface area contributed by atoms with Gasteiger partial charge in [-0.25, -0.2) is 0 Å². The average molecular weight is 376 g/mol. The standard InChI is InChI=1S/C14H16Br2O2/c1-14(4-2-5-18-14)13(16)11-8-10(15)7-9-3-6-17-12(9)11/h7-8,13H,2-6H2,1H3. The molecular weight excluding hydrogens is 360 g/mol. The van der Waals surface area contributed by atoms with Crippen molar-refractivity contribution in [2.45, 2.75) is 36.6 Å². The molecule has 0 N–H and O–H groups in total. The minimum absolute atomic E-state index is 0.124. The highest BCUT2D eigenvalue weighted by atomic mass is 79.9. The van der Waals surface area contributed by atoms with Gasteiger partial charge in [-0.05, 0) is 37.5 Å². The number of benzene rings is 1. The smallest absolute Gasteiger partial charge is 0.127 e. The molecular formula is C14H16Br2O2. The van der Waals surface area contributed by atoms with Gasteiger partial charge >= 0.3 is 0 Å². The number of alkyl halides is 1. The van der Waals surface area contributed by atoms with Crippen molar-refractivity contribution in [2.24, 2.45) is 0 Å². The summed E-state index contributed by atoms with van der Waals surface area (Å²) in [5.74, 6) is 1.05. The molecule has 0 saturated carbocycles. The first-order valence-corrected chi connectivity index (χ1v) is 8.04. The van der Waals surface area contributed by atoms with Crippen LogP contribution in [-0.2, 0) is 11.2 Å². The van der Waals surface area contributed by atoms with Crippen LogP contribution in [0.3, 0.4) is 0 Å². The minimum atomic E-state index is -0.124. The van der Waals surface area contributed by atoms with Gasteiger partial charge < -0.3 is 9.47 Å². The lowest BCUT2D eigenvalue weighted by Gasteiger charge is -2.30. The maximum absolute atomic E-state index is 5.94. The maximum Gasteiger partial charge on any atom is 0.127 e. The molecule has 0 radical (unpaired) electrons. The predicted octanol–water partition coefficient (Wildman–Crippen LogP) is 4.39. The number of hydrogen-bond donors (Lipinski definition) is 0. The van der Waals surface area contributed by atoms with Crippen LogP contribution >= 0.6 is 31.9 Å². The van der Waals surface area contributed by atoms with Gasteiger partial charge in [0.05, 0.1) is 17.0 Å². The van der Waals surface area contributed by atoms with Crippen molar-refractivity contribution >= 4 is 31.9 Å². The summed E-state index contributed by atoms with van der Waals surface area (Å²) in [6, 6.07) is 4.31. The molecule has 0 aliphatic carbocycles. The van der Waals surface area contributed by atoms with Crippen LogP contribution in [0.25, 0.3) is 0 Å². The Morgan fingerprint density at radius 2 is 2.17 bits per heavy atom. The first-order valence-electron chi connectivity index (χ1n) is 6.33. The predicted molar refractivity (Wildman–Crippen MR) is 78.6 cm³/mol. The van der Waals surface area contributed by atoms with E-state index in [1.54, 1.807) is 0 Å². The highest BCUT2D eigenvalue weighted by Crippen LogP contribution is 2.48. The zero-order valence-electron chi connectivity index (χ0n) is 10.3. The topological polar surface area (TPSA) is 18.5 Å². The molecule has 98 valence electrons. The van der Waals surface area contributed by atoms with Crippen LogP contribution in [-0.4, -0.2) is 18.8 Å². The van der Waals surface area contributed by atoms with E-state index in [0.29, 0.717) is 0 Å². The van der Waals surface area contributed by atoms with Crippen LogP contribution in [0.15, 0.2) is 16.6 Å². The summed E-state index contributed by atoms with van der Waals surface area (Å²) >= 11 is 7.42. The second-order valence-corrected chi connectivity index (χ2v) is 7.04. The van der Waals surface area contributed by atoms with Gasteiger partial charge in [-0.2, -0.15) is 0 Å². The molecule has 1 fully saturated rings. The fraction of sp³-hybridized carbons (Fsp3) is 0.571. The SMILES string of the molecule is CC1(C(Br)c2cc(Br)cc3c2OCC3)CCCO1. The second kappa shape index (κ2) is 4.80. The summed E-state index contributed by atoms with van der Waals surface area (Å²) in [5, 5.41) is 0. The number of rotatable bonds is 2. The summed E-state index contributed by atoms with van der Waals surface area (Å²) < 4.78 is 12.9. The van der Waals surface area contributed by atoms with Gasteiger partial charge in [0.15, 0.2) is 0 Å². The number of hydrogen-bond acceptors (Lipinski definition) is 2. The quantitative estimate of drug-likeness (QED) is 0.713. The Morgan fingerprint density at radius 3 is 2.89 bits per heavy atom. The molecule has 1 saturated heterocycles. The lowest BCUT2D eigenvalue weighted by atomic mass is 9.92. The molecule has 0 aromatic heterocycles. The van der Waals surface area contributed by atoms with E-state index in [1.165, 1.54) is 11.1 Å². The van der Waals surface area contributed by atoms with Gasteiger partial charge in [0.25, 0.3) is 0 Å². The van der Waals surface area contributed by atoms with Crippen LogP contribution < -0.4 is 4.74 Å². The van der Waals surface area contributed by atoms with Gasteiger partial charge in [-0.1, -0.05) is 31.9 Å². The van der Waals surface area contributed by atoms with Gasteiger partial charge in [-0.15, -0.1) is 0 Å². The Kier molecular flexibility index (Phi) is 3.45. The van der Waals surface area contributed by atoms with E-state index in [0.717, 1.165) is 42.7 Å². The molecule has 4 heteroatoms. The molecule has 2 aliphatic heterocycles. The van der Waals surface area contributed by atoms with Gasteiger partial charge in [0.1, 0.15) is 5.75 Å². The van der Waals surface area contributed by atoms with E-state index in [2.05, 4.69) is 50.9 Å². The minimum Gasteiger partial charge on any atom is -0.493 e. The van der Waals surface area contributed by atoms with Crippen molar-refractivity contribution in [1.29, 1.82) is 0 Å². The van der Waals surface area contributed by atoms with Gasteiger partial charge in [0.2, 0.25) is 0 Å². The number of ether oxygens (including phenoxy) is 2. The van der Waals surface area contributed by atoms with E-state index in [-0.39, 0.29) is 10.4 Å². The summed E-state index contributed by atoms with van der Waals surface area (Å²) in [6.07, 6.45) is 3.22. The molecule has 3 rings (SSSR count). The third-order valence-electron chi connectivity index (χ3n) is 3.84. The second-order valence-electron chi connectivity index (χ2n) is 5.21. The number of fused-ring (bicyclic) bond motifs is 1. The summed E-state index contributed by atoms with van der Waals surface area (Å²) in [6.45, 7) is 3.83. The lowest BCUT2D eigenvalue weighted by Crippen LogP contribution is -2.28. The average Bonchev–Trinajstić information content (AvgIpc) is 2.96. The van der Waals surface area contributed by atoms with Crippen molar-refractivity contribution in [2.75, 3.05) is 13.2 Å². The van der Waals surface area contributed by atoms with Crippen molar-refractivity contribution in [3.05, 3.63) is 27.7 Å². The molecule has 2 unspecified atom stereocenters. The Labute approximate surface area is 124 Å². The highest BCUT2D eigenvalue weighted by Gasteiger charge is 2.40. The molecule has 2 atom stereocenters. The van der Waals surface area contributed by atoms with E-state index in [4.69, 9.17) is 9.47 Å². The van der Waals surface area contributed by atoms with Crippen molar-refractivity contribution < 1.29 is 9.47 Å². The molecule has 2 heterocycles. The third-order valence-corrected chi connectivity index (χ3v) is 5.76. The first-order chi connectivity index (χ1) is 8.60.